The Hall–Kier alpha value is -3.26. The van der Waals surface area contributed by atoms with Gasteiger partial charge in [0.15, 0.2) is 4.96 Å². The van der Waals surface area contributed by atoms with Gasteiger partial charge in [0, 0.05) is 30.3 Å². The van der Waals surface area contributed by atoms with Crippen LogP contribution < -0.4 is 5.56 Å². The average Bonchev–Trinajstić information content (AvgIpc) is 3.29. The normalized spacial score (nSPS) is 11.5. The number of hydrogen-bond acceptors (Lipinski definition) is 5. The molecule has 5 rings (SSSR count). The molecular weight excluding hydrogens is 336 g/mol. The average molecular weight is 348 g/mol. The Balaban J connectivity index is 1.58. The lowest BCUT2D eigenvalue weighted by Gasteiger charge is -1.96. The number of aromatic nitrogens is 6. The fourth-order valence-corrected chi connectivity index (χ4v) is 3.48. The fourth-order valence-electron chi connectivity index (χ4n) is 2.78. The van der Waals surface area contributed by atoms with Crippen LogP contribution in [-0.2, 0) is 6.42 Å². The highest BCUT2D eigenvalue weighted by molar-refractivity contribution is 7.15. The van der Waals surface area contributed by atoms with Gasteiger partial charge in [-0.2, -0.15) is 9.50 Å². The van der Waals surface area contributed by atoms with Crippen LogP contribution in [0.5, 0.6) is 0 Å². The minimum atomic E-state index is -0.205. The van der Waals surface area contributed by atoms with Crippen molar-refractivity contribution in [2.45, 2.75) is 6.42 Å². The molecule has 1 aromatic carbocycles. The zero-order valence-electron chi connectivity index (χ0n) is 13.0. The van der Waals surface area contributed by atoms with Crippen LogP contribution in [0.3, 0.4) is 0 Å². The molecule has 0 radical (unpaired) electrons. The molecule has 0 atom stereocenters. The van der Waals surface area contributed by atoms with Crippen molar-refractivity contribution in [3.8, 4) is 11.4 Å². The zero-order valence-corrected chi connectivity index (χ0v) is 13.8. The highest BCUT2D eigenvalue weighted by atomic mass is 32.1. The summed E-state index contributed by atoms with van der Waals surface area (Å²) in [6, 6.07) is 11.4. The number of benzene rings is 1. The van der Waals surface area contributed by atoms with Gasteiger partial charge in [0.1, 0.15) is 11.5 Å². The molecule has 0 amide bonds. The molecule has 4 heterocycles. The Morgan fingerprint density at radius 2 is 1.96 bits per heavy atom. The SMILES string of the molecule is O=c1cc(-c2cn3ccsc3n2)nc2nc(Cc3ccccc3)[nH]n12. The smallest absolute Gasteiger partial charge is 0.274 e. The van der Waals surface area contributed by atoms with E-state index in [0.717, 1.165) is 10.5 Å². The largest absolute Gasteiger partial charge is 0.297 e. The molecule has 0 spiro atoms. The molecule has 0 aliphatic rings. The van der Waals surface area contributed by atoms with Crippen molar-refractivity contribution in [2.75, 3.05) is 0 Å². The molecule has 1 N–H and O–H groups in total. The van der Waals surface area contributed by atoms with Crippen LogP contribution in [0.1, 0.15) is 11.4 Å². The second-order valence-electron chi connectivity index (χ2n) is 5.67. The number of thiazole rings is 1. The predicted octanol–water partition coefficient (Wildman–Crippen LogP) is 2.38. The predicted molar refractivity (Wildman–Crippen MR) is 94.9 cm³/mol. The number of imidazole rings is 1. The molecule has 25 heavy (non-hydrogen) atoms. The first kappa shape index (κ1) is 14.1. The monoisotopic (exact) mass is 348 g/mol. The number of H-pyrrole nitrogens is 1. The Morgan fingerprint density at radius 1 is 1.08 bits per heavy atom. The fraction of sp³-hybridized carbons (Fsp3) is 0.0588. The number of aromatic amines is 1. The van der Waals surface area contributed by atoms with Gasteiger partial charge in [0.25, 0.3) is 11.3 Å². The van der Waals surface area contributed by atoms with Gasteiger partial charge in [-0.05, 0) is 5.56 Å². The number of nitrogens with zero attached hydrogens (tertiary/aromatic N) is 5. The maximum Gasteiger partial charge on any atom is 0.274 e. The van der Waals surface area contributed by atoms with E-state index in [1.54, 1.807) is 0 Å². The molecule has 0 unspecified atom stereocenters. The van der Waals surface area contributed by atoms with E-state index in [1.807, 2.05) is 52.5 Å². The Labute approximate surface area is 145 Å². The van der Waals surface area contributed by atoms with Gasteiger partial charge in [-0.3, -0.25) is 14.3 Å². The third kappa shape index (κ3) is 2.43. The van der Waals surface area contributed by atoms with Crippen molar-refractivity contribution in [3.63, 3.8) is 0 Å². The lowest BCUT2D eigenvalue weighted by molar-refractivity contribution is 0.863. The van der Waals surface area contributed by atoms with Crippen molar-refractivity contribution in [1.82, 2.24) is 29.0 Å². The second-order valence-corrected chi connectivity index (χ2v) is 6.54. The van der Waals surface area contributed by atoms with E-state index >= 15 is 0 Å². The lowest BCUT2D eigenvalue weighted by Crippen LogP contribution is -2.14. The first-order valence-electron chi connectivity index (χ1n) is 7.71. The number of rotatable bonds is 3. The van der Waals surface area contributed by atoms with Crippen molar-refractivity contribution in [1.29, 1.82) is 0 Å². The van der Waals surface area contributed by atoms with Crippen LogP contribution in [-0.4, -0.2) is 29.0 Å². The molecule has 8 heteroatoms. The van der Waals surface area contributed by atoms with Crippen LogP contribution in [0.2, 0.25) is 0 Å². The topological polar surface area (TPSA) is 80.3 Å². The third-order valence-electron chi connectivity index (χ3n) is 3.95. The van der Waals surface area contributed by atoms with Gasteiger partial charge in [-0.25, -0.2) is 9.97 Å². The van der Waals surface area contributed by atoms with Crippen LogP contribution in [0, 0.1) is 0 Å². The lowest BCUT2D eigenvalue weighted by atomic mass is 10.1. The minimum Gasteiger partial charge on any atom is -0.297 e. The molecule has 4 aromatic heterocycles. The summed E-state index contributed by atoms with van der Waals surface area (Å²) in [4.78, 5) is 26.7. The molecule has 7 nitrogen and oxygen atoms in total. The summed E-state index contributed by atoms with van der Waals surface area (Å²) in [6.07, 6.45) is 4.40. The van der Waals surface area contributed by atoms with Gasteiger partial charge < -0.3 is 0 Å². The Kier molecular flexibility index (Phi) is 3.04. The Morgan fingerprint density at radius 3 is 2.80 bits per heavy atom. The summed E-state index contributed by atoms with van der Waals surface area (Å²) in [7, 11) is 0. The van der Waals surface area contributed by atoms with E-state index in [9.17, 15) is 4.79 Å². The number of nitrogens with one attached hydrogen (secondary N) is 1. The van der Waals surface area contributed by atoms with Gasteiger partial charge >= 0.3 is 0 Å². The molecule has 0 fully saturated rings. The molecule has 5 aromatic rings. The Bertz CT molecular complexity index is 1220. The quantitative estimate of drug-likeness (QED) is 0.543. The van der Waals surface area contributed by atoms with Crippen molar-refractivity contribution in [2.24, 2.45) is 0 Å². The molecule has 0 aliphatic heterocycles. The molecule has 122 valence electrons. The van der Waals surface area contributed by atoms with E-state index in [1.165, 1.54) is 21.9 Å². The first-order chi connectivity index (χ1) is 12.3. The van der Waals surface area contributed by atoms with Crippen LogP contribution in [0.15, 0.2) is 59.0 Å². The summed E-state index contributed by atoms with van der Waals surface area (Å²) in [5, 5.41) is 4.98. The first-order valence-corrected chi connectivity index (χ1v) is 8.59. The summed E-state index contributed by atoms with van der Waals surface area (Å²) in [6.45, 7) is 0. The number of fused-ring (bicyclic) bond motifs is 2. The summed E-state index contributed by atoms with van der Waals surface area (Å²) >= 11 is 1.53. The van der Waals surface area contributed by atoms with Crippen LogP contribution in [0.4, 0.5) is 0 Å². The highest BCUT2D eigenvalue weighted by Gasteiger charge is 2.12. The number of hydrogen-bond donors (Lipinski definition) is 1. The van der Waals surface area contributed by atoms with Crippen molar-refractivity contribution >= 4 is 22.1 Å². The standard InChI is InChI=1S/C17H12N6OS/c24-15-9-12(13-10-22-6-7-25-17(22)19-13)18-16-20-14(21-23(15)16)8-11-4-2-1-3-5-11/h1-7,9-10H,8H2,(H,18,20,21). The van der Waals surface area contributed by atoms with Crippen LogP contribution >= 0.6 is 11.3 Å². The van der Waals surface area contributed by atoms with E-state index in [4.69, 9.17) is 0 Å². The summed E-state index contributed by atoms with van der Waals surface area (Å²) in [5.41, 5.74) is 2.10. The van der Waals surface area contributed by atoms with Gasteiger partial charge in [0.05, 0.1) is 5.69 Å². The molecule has 0 saturated heterocycles. The van der Waals surface area contributed by atoms with Gasteiger partial charge in [-0.15, -0.1) is 11.3 Å². The van der Waals surface area contributed by atoms with Crippen LogP contribution in [0.25, 0.3) is 22.1 Å². The van der Waals surface area contributed by atoms with E-state index < -0.39 is 0 Å². The zero-order chi connectivity index (χ0) is 16.8. The maximum atomic E-state index is 12.4. The minimum absolute atomic E-state index is 0.205. The van der Waals surface area contributed by atoms with E-state index in [2.05, 4.69) is 20.1 Å². The summed E-state index contributed by atoms with van der Waals surface area (Å²) in [5.74, 6) is 1.04. The second kappa shape index (κ2) is 5.38. The molecular formula is C17H12N6OS. The highest BCUT2D eigenvalue weighted by Crippen LogP contribution is 2.19. The van der Waals surface area contributed by atoms with E-state index in [0.29, 0.717) is 29.4 Å². The van der Waals surface area contributed by atoms with E-state index in [-0.39, 0.29) is 5.56 Å². The molecule has 0 saturated carbocycles. The molecule has 0 aliphatic carbocycles. The van der Waals surface area contributed by atoms with Gasteiger partial charge in [0.2, 0.25) is 0 Å². The maximum absolute atomic E-state index is 12.4. The van der Waals surface area contributed by atoms with Gasteiger partial charge in [-0.1, -0.05) is 30.3 Å². The van der Waals surface area contributed by atoms with Crippen molar-refractivity contribution < 1.29 is 0 Å². The summed E-state index contributed by atoms with van der Waals surface area (Å²) < 4.78 is 3.27. The third-order valence-corrected chi connectivity index (χ3v) is 4.72. The van der Waals surface area contributed by atoms with Crippen molar-refractivity contribution in [3.05, 3.63) is 75.9 Å². The molecule has 0 bridgehead atoms.